The summed E-state index contributed by atoms with van der Waals surface area (Å²) in [5, 5.41) is 8.88. The number of carboxylic acid groups (broad SMARTS) is 1. The maximum absolute atomic E-state index is 12.3. The van der Waals surface area contributed by atoms with Gasteiger partial charge in [-0.2, -0.15) is 0 Å². The highest BCUT2D eigenvalue weighted by Crippen LogP contribution is 2.24. The first-order valence-corrected chi connectivity index (χ1v) is 7.59. The van der Waals surface area contributed by atoms with Crippen LogP contribution in [-0.4, -0.2) is 34.5 Å². The van der Waals surface area contributed by atoms with Gasteiger partial charge in [0.1, 0.15) is 0 Å². The van der Waals surface area contributed by atoms with E-state index in [1.807, 2.05) is 4.90 Å². The SMILES string of the molecule is CCCCC(CC)CC(=O)N1CCCC1CC(=O)O. The van der Waals surface area contributed by atoms with Crippen molar-refractivity contribution < 1.29 is 14.7 Å². The van der Waals surface area contributed by atoms with E-state index in [2.05, 4.69) is 13.8 Å². The van der Waals surface area contributed by atoms with Crippen molar-refractivity contribution in [2.45, 2.75) is 71.3 Å². The molecule has 110 valence electrons. The first-order valence-electron chi connectivity index (χ1n) is 7.59. The second-order valence-electron chi connectivity index (χ2n) is 5.60. The second kappa shape index (κ2) is 8.18. The molecule has 1 aliphatic rings. The number of hydrogen-bond donors (Lipinski definition) is 1. The number of unbranched alkanes of at least 4 members (excludes halogenated alkanes) is 1. The molecule has 4 nitrogen and oxygen atoms in total. The fourth-order valence-electron chi connectivity index (χ4n) is 2.89. The van der Waals surface area contributed by atoms with E-state index in [0.717, 1.165) is 38.6 Å². The van der Waals surface area contributed by atoms with Crippen molar-refractivity contribution in [1.29, 1.82) is 0 Å². The summed E-state index contributed by atoms with van der Waals surface area (Å²) in [6, 6.07) is -0.0753. The van der Waals surface area contributed by atoms with Crippen molar-refractivity contribution in [1.82, 2.24) is 4.90 Å². The van der Waals surface area contributed by atoms with E-state index in [9.17, 15) is 9.59 Å². The minimum atomic E-state index is -0.803. The number of amides is 1. The molecule has 0 aliphatic carbocycles. The number of carbonyl (C=O) groups excluding carboxylic acids is 1. The van der Waals surface area contributed by atoms with Gasteiger partial charge in [-0.15, -0.1) is 0 Å². The summed E-state index contributed by atoms with van der Waals surface area (Å²) in [6.07, 6.45) is 6.93. The highest BCUT2D eigenvalue weighted by atomic mass is 16.4. The van der Waals surface area contributed by atoms with Crippen molar-refractivity contribution in [2.75, 3.05) is 6.54 Å². The van der Waals surface area contributed by atoms with Gasteiger partial charge in [-0.3, -0.25) is 9.59 Å². The van der Waals surface area contributed by atoms with Crippen molar-refractivity contribution in [3.05, 3.63) is 0 Å². The average Bonchev–Trinajstić information content (AvgIpc) is 2.81. The lowest BCUT2D eigenvalue weighted by molar-refractivity contribution is -0.140. The van der Waals surface area contributed by atoms with Crippen molar-refractivity contribution >= 4 is 11.9 Å². The molecule has 1 aliphatic heterocycles. The Morgan fingerprint density at radius 2 is 2.11 bits per heavy atom. The van der Waals surface area contributed by atoms with E-state index < -0.39 is 5.97 Å². The summed E-state index contributed by atoms with van der Waals surface area (Å²) in [4.78, 5) is 24.9. The third-order valence-corrected chi connectivity index (χ3v) is 4.11. The van der Waals surface area contributed by atoms with Crippen LogP contribution in [0.2, 0.25) is 0 Å². The Morgan fingerprint density at radius 3 is 2.68 bits per heavy atom. The zero-order valence-electron chi connectivity index (χ0n) is 12.2. The molecule has 1 fully saturated rings. The number of aliphatic carboxylic acids is 1. The molecule has 0 aromatic carbocycles. The molecule has 1 rings (SSSR count). The smallest absolute Gasteiger partial charge is 0.305 e. The summed E-state index contributed by atoms with van der Waals surface area (Å²) in [6.45, 7) is 5.03. The molecule has 2 unspecified atom stereocenters. The monoisotopic (exact) mass is 269 g/mol. The lowest BCUT2D eigenvalue weighted by atomic mass is 9.95. The van der Waals surface area contributed by atoms with Gasteiger partial charge in [0.25, 0.3) is 0 Å². The molecule has 1 heterocycles. The minimum absolute atomic E-state index is 0.0753. The van der Waals surface area contributed by atoms with Gasteiger partial charge < -0.3 is 10.0 Å². The predicted molar refractivity (Wildman–Crippen MR) is 74.9 cm³/mol. The van der Waals surface area contributed by atoms with E-state index >= 15 is 0 Å². The number of likely N-dealkylation sites (tertiary alicyclic amines) is 1. The van der Waals surface area contributed by atoms with Gasteiger partial charge in [-0.05, 0) is 25.2 Å². The van der Waals surface area contributed by atoms with Crippen molar-refractivity contribution in [3.63, 3.8) is 0 Å². The first-order chi connectivity index (χ1) is 9.08. The van der Waals surface area contributed by atoms with E-state index in [1.165, 1.54) is 6.42 Å². The highest BCUT2D eigenvalue weighted by Gasteiger charge is 2.30. The zero-order chi connectivity index (χ0) is 14.3. The minimum Gasteiger partial charge on any atom is -0.481 e. The topological polar surface area (TPSA) is 57.6 Å². The van der Waals surface area contributed by atoms with Gasteiger partial charge in [0.2, 0.25) is 5.91 Å². The molecule has 0 radical (unpaired) electrons. The van der Waals surface area contributed by atoms with Crippen LogP contribution in [-0.2, 0) is 9.59 Å². The standard InChI is InChI=1S/C15H27NO3/c1-3-5-7-12(4-2)10-14(17)16-9-6-8-13(16)11-15(18)19/h12-13H,3-11H2,1-2H3,(H,18,19). The fraction of sp³-hybridized carbons (Fsp3) is 0.867. The van der Waals surface area contributed by atoms with Gasteiger partial charge in [0.05, 0.1) is 6.42 Å². The fourth-order valence-corrected chi connectivity index (χ4v) is 2.89. The molecule has 4 heteroatoms. The Bertz CT molecular complexity index is 304. The van der Waals surface area contributed by atoms with Gasteiger partial charge in [0.15, 0.2) is 0 Å². The summed E-state index contributed by atoms with van der Waals surface area (Å²) in [5.41, 5.74) is 0. The largest absolute Gasteiger partial charge is 0.481 e. The lowest BCUT2D eigenvalue weighted by Crippen LogP contribution is -2.37. The van der Waals surface area contributed by atoms with Crippen molar-refractivity contribution in [2.24, 2.45) is 5.92 Å². The Hall–Kier alpha value is -1.06. The Morgan fingerprint density at radius 1 is 1.37 bits per heavy atom. The molecule has 1 amide bonds. The molecule has 0 aromatic heterocycles. The van der Waals surface area contributed by atoms with Crippen LogP contribution in [0.4, 0.5) is 0 Å². The molecule has 1 N–H and O–H groups in total. The number of carboxylic acids is 1. The molecular formula is C15H27NO3. The first kappa shape index (κ1) is 16.0. The molecule has 0 spiro atoms. The Balaban J connectivity index is 2.48. The third kappa shape index (κ3) is 5.21. The Kier molecular flexibility index (Phi) is 6.89. The maximum atomic E-state index is 12.3. The van der Waals surface area contributed by atoms with Gasteiger partial charge in [-0.1, -0.05) is 33.1 Å². The zero-order valence-corrected chi connectivity index (χ0v) is 12.2. The van der Waals surface area contributed by atoms with E-state index in [-0.39, 0.29) is 18.4 Å². The van der Waals surface area contributed by atoms with E-state index in [4.69, 9.17) is 5.11 Å². The van der Waals surface area contributed by atoms with E-state index in [0.29, 0.717) is 12.3 Å². The molecule has 2 atom stereocenters. The number of hydrogen-bond acceptors (Lipinski definition) is 2. The summed E-state index contributed by atoms with van der Waals surface area (Å²) < 4.78 is 0. The summed E-state index contributed by atoms with van der Waals surface area (Å²) in [5.74, 6) is -0.187. The van der Waals surface area contributed by atoms with Crippen LogP contribution in [0.15, 0.2) is 0 Å². The van der Waals surface area contributed by atoms with Crippen LogP contribution >= 0.6 is 0 Å². The summed E-state index contributed by atoms with van der Waals surface area (Å²) in [7, 11) is 0. The van der Waals surface area contributed by atoms with Crippen LogP contribution in [0, 0.1) is 5.92 Å². The second-order valence-corrected chi connectivity index (χ2v) is 5.60. The number of nitrogens with zero attached hydrogens (tertiary/aromatic N) is 1. The molecule has 0 aromatic rings. The predicted octanol–water partition coefficient (Wildman–Crippen LogP) is 3.06. The van der Waals surface area contributed by atoms with Crippen LogP contribution < -0.4 is 0 Å². The third-order valence-electron chi connectivity index (χ3n) is 4.11. The highest BCUT2D eigenvalue weighted by molar-refractivity contribution is 5.78. The van der Waals surface area contributed by atoms with Crippen LogP contribution in [0.5, 0.6) is 0 Å². The number of rotatable bonds is 8. The lowest BCUT2D eigenvalue weighted by Gasteiger charge is -2.25. The van der Waals surface area contributed by atoms with Gasteiger partial charge in [-0.25, -0.2) is 0 Å². The van der Waals surface area contributed by atoms with Crippen LogP contribution in [0.3, 0.4) is 0 Å². The molecule has 0 bridgehead atoms. The summed E-state index contributed by atoms with van der Waals surface area (Å²) >= 11 is 0. The molecular weight excluding hydrogens is 242 g/mol. The molecule has 1 saturated heterocycles. The molecule has 0 saturated carbocycles. The van der Waals surface area contributed by atoms with Crippen molar-refractivity contribution in [3.8, 4) is 0 Å². The average molecular weight is 269 g/mol. The van der Waals surface area contributed by atoms with Gasteiger partial charge >= 0.3 is 5.97 Å². The van der Waals surface area contributed by atoms with Gasteiger partial charge in [0, 0.05) is 19.0 Å². The number of carbonyl (C=O) groups is 2. The maximum Gasteiger partial charge on any atom is 0.305 e. The quantitative estimate of drug-likeness (QED) is 0.736. The Labute approximate surface area is 116 Å². The van der Waals surface area contributed by atoms with Crippen LogP contribution in [0.25, 0.3) is 0 Å². The molecule has 19 heavy (non-hydrogen) atoms. The van der Waals surface area contributed by atoms with E-state index in [1.54, 1.807) is 0 Å². The normalized spacial score (nSPS) is 20.5. The van der Waals surface area contributed by atoms with Crippen LogP contribution in [0.1, 0.15) is 65.2 Å².